The van der Waals surface area contributed by atoms with Gasteiger partial charge in [0.1, 0.15) is 12.7 Å². The van der Waals surface area contributed by atoms with Gasteiger partial charge in [-0.15, -0.1) is 45.3 Å². The first-order valence-corrected chi connectivity index (χ1v) is 47.7. The van der Waals surface area contributed by atoms with Crippen molar-refractivity contribution < 1.29 is 0 Å². The van der Waals surface area contributed by atoms with Crippen molar-refractivity contribution in [1.82, 2.24) is 121 Å². The van der Waals surface area contributed by atoms with E-state index in [-0.39, 0.29) is 0 Å². The first kappa shape index (κ1) is 118. The van der Waals surface area contributed by atoms with Gasteiger partial charge in [-0.2, -0.15) is 31.7 Å². The van der Waals surface area contributed by atoms with E-state index in [1.165, 1.54) is 97.4 Å². The largest absolute Gasteiger partial charge is 0.348 e. The summed E-state index contributed by atoms with van der Waals surface area (Å²) in [6, 6.07) is 16.3. The number of rotatable bonds is 0. The molecular formula is C104H146N24S5. The summed E-state index contributed by atoms with van der Waals surface area (Å²) < 4.78 is 0. The van der Waals surface area contributed by atoms with Gasteiger partial charge in [0, 0.05) is 138 Å². The van der Waals surface area contributed by atoms with E-state index in [1.807, 2.05) is 262 Å². The molecule has 0 unspecified atom stereocenters. The maximum Gasteiger partial charge on any atom is 0.115 e. The van der Waals surface area contributed by atoms with Crippen molar-refractivity contribution in [3.05, 3.63) is 393 Å². The van der Waals surface area contributed by atoms with Gasteiger partial charge >= 0.3 is 0 Å². The van der Waals surface area contributed by atoms with Crippen LogP contribution in [0.2, 0.25) is 0 Å². The highest BCUT2D eigenvalue weighted by molar-refractivity contribution is 7.10. The Morgan fingerprint density at radius 1 is 0.203 bits per heavy atom. The fourth-order valence-corrected chi connectivity index (χ4v) is 11.6. The van der Waals surface area contributed by atoms with Crippen molar-refractivity contribution >= 4 is 56.7 Å². The van der Waals surface area contributed by atoms with Crippen LogP contribution in [0.25, 0.3) is 0 Å². The quantitative estimate of drug-likeness (QED) is 0.0821. The molecule has 18 rings (SSSR count). The minimum atomic E-state index is 1.01. The smallest absolute Gasteiger partial charge is 0.115 e. The van der Waals surface area contributed by atoms with E-state index in [9.17, 15) is 0 Å². The van der Waals surface area contributed by atoms with Gasteiger partial charge in [0.05, 0.1) is 82.6 Å². The van der Waals surface area contributed by atoms with Crippen molar-refractivity contribution in [1.29, 1.82) is 0 Å². The minimum absolute atomic E-state index is 1.01. The number of nitrogens with zero attached hydrogens (tertiary/aromatic N) is 18. The summed E-state index contributed by atoms with van der Waals surface area (Å²) in [7, 11) is 0. The number of aromatic nitrogens is 24. The molecule has 0 saturated heterocycles. The molecular weight excluding hydrogens is 1750 g/mol. The molecule has 0 atom stereocenters. The third-order valence-corrected chi connectivity index (χ3v) is 25.0. The summed E-state index contributed by atoms with van der Waals surface area (Å²) in [5.74, 6) is 0. The molecule has 0 bridgehead atoms. The van der Waals surface area contributed by atoms with Crippen LogP contribution in [0.4, 0.5) is 0 Å². The third-order valence-electron chi connectivity index (χ3n) is 20.4. The molecule has 18 aromatic heterocycles. The van der Waals surface area contributed by atoms with Crippen molar-refractivity contribution in [2.75, 3.05) is 0 Å². The van der Waals surface area contributed by atoms with E-state index >= 15 is 0 Å². The molecule has 24 nitrogen and oxygen atoms in total. The third kappa shape index (κ3) is 54.2. The zero-order chi connectivity index (χ0) is 99.9. The Labute approximate surface area is 813 Å². The Morgan fingerprint density at radius 3 is 0.632 bits per heavy atom. The number of thiophene rings is 3. The maximum atomic E-state index is 4.08. The number of imidazole rings is 2. The zero-order valence-electron chi connectivity index (χ0n) is 85.6. The van der Waals surface area contributed by atoms with Gasteiger partial charge in [0.2, 0.25) is 0 Å². The van der Waals surface area contributed by atoms with Crippen LogP contribution in [0.15, 0.2) is 193 Å². The lowest BCUT2D eigenvalue weighted by atomic mass is 10.2. The molecule has 0 radical (unpaired) electrons. The Balaban J connectivity index is 0.000000704. The summed E-state index contributed by atoms with van der Waals surface area (Å²) >= 11 is 8.76. The van der Waals surface area contributed by atoms with Crippen LogP contribution >= 0.6 is 56.7 Å². The second kappa shape index (κ2) is 68.5. The number of aryl methyl sites for hydroxylation is 36. The average Bonchev–Trinajstić information content (AvgIpc) is 1.73. The Hall–Kier alpha value is -12.5. The fourth-order valence-electron chi connectivity index (χ4n) is 8.15. The highest BCUT2D eigenvalue weighted by Crippen LogP contribution is 2.15. The summed E-state index contributed by atoms with van der Waals surface area (Å²) in [4.78, 5) is 67.1. The van der Waals surface area contributed by atoms with Crippen molar-refractivity contribution in [3.63, 3.8) is 0 Å². The van der Waals surface area contributed by atoms with Gasteiger partial charge in [-0.25, -0.2) is 39.9 Å². The number of aromatic amines is 6. The van der Waals surface area contributed by atoms with Gasteiger partial charge in [0.15, 0.2) is 0 Å². The molecule has 6 N–H and O–H groups in total. The molecule has 0 spiro atoms. The van der Waals surface area contributed by atoms with Crippen LogP contribution in [-0.4, -0.2) is 121 Å². The lowest BCUT2D eigenvalue weighted by molar-refractivity contribution is 1.04. The highest BCUT2D eigenvalue weighted by Gasteiger charge is 1.98. The second-order valence-corrected chi connectivity index (χ2v) is 36.1. The van der Waals surface area contributed by atoms with Crippen molar-refractivity contribution in [2.24, 2.45) is 0 Å². The van der Waals surface area contributed by atoms with E-state index in [2.05, 4.69) is 263 Å². The molecule has 0 fully saturated rings. The van der Waals surface area contributed by atoms with E-state index in [0.717, 1.165) is 102 Å². The van der Waals surface area contributed by atoms with Gasteiger partial charge in [-0.3, -0.25) is 50.3 Å². The molecule has 133 heavy (non-hydrogen) atoms. The normalized spacial score (nSPS) is 9.35. The number of hydrogen-bond acceptors (Lipinski definition) is 23. The van der Waals surface area contributed by atoms with Crippen molar-refractivity contribution in [2.45, 2.75) is 249 Å². The minimum Gasteiger partial charge on any atom is -0.348 e. The average molecular weight is 1890 g/mol. The summed E-state index contributed by atoms with van der Waals surface area (Å²) in [5, 5.41) is 35.0. The molecule has 712 valence electrons. The lowest BCUT2D eigenvalue weighted by Gasteiger charge is -1.92. The molecule has 18 aromatic rings. The van der Waals surface area contributed by atoms with Gasteiger partial charge in [0.25, 0.3) is 0 Å². The summed E-state index contributed by atoms with van der Waals surface area (Å²) in [6.07, 6.45) is 31.8. The van der Waals surface area contributed by atoms with E-state index in [0.29, 0.717) is 0 Å². The van der Waals surface area contributed by atoms with Gasteiger partial charge < -0.3 is 9.97 Å². The van der Waals surface area contributed by atoms with Crippen LogP contribution in [0.3, 0.4) is 0 Å². The van der Waals surface area contributed by atoms with Crippen LogP contribution in [-0.2, 0) is 0 Å². The van der Waals surface area contributed by atoms with Crippen molar-refractivity contribution in [3.8, 4) is 0 Å². The Kier molecular flexibility index (Phi) is 61.0. The molecule has 0 amide bonds. The summed E-state index contributed by atoms with van der Waals surface area (Å²) in [5.41, 5.74) is 41.9. The lowest BCUT2D eigenvalue weighted by Crippen LogP contribution is -1.87. The summed E-state index contributed by atoms with van der Waals surface area (Å²) in [6.45, 7) is 73.3. The van der Waals surface area contributed by atoms with Gasteiger partial charge in [-0.1, -0.05) is 12.1 Å². The Bertz CT molecular complexity index is 4540. The fraction of sp³-hybridized carbons (Fsp3) is 0.346. The Morgan fingerprint density at radius 2 is 0.511 bits per heavy atom. The topological polar surface area (TPSA) is 327 Å². The molecule has 0 saturated carbocycles. The number of thiazole rings is 2. The van der Waals surface area contributed by atoms with Crippen LogP contribution in [0.5, 0.6) is 0 Å². The molecule has 0 aliphatic rings. The number of hydrogen-bond donors (Lipinski definition) is 6. The first-order valence-electron chi connectivity index (χ1n) is 43.2. The van der Waals surface area contributed by atoms with Crippen LogP contribution in [0.1, 0.15) is 200 Å². The van der Waals surface area contributed by atoms with E-state index in [4.69, 9.17) is 0 Å². The number of pyridine rings is 4. The molecule has 18 heterocycles. The second-order valence-electron chi connectivity index (χ2n) is 31.0. The predicted octanol–water partition coefficient (Wildman–Crippen LogP) is 26.8. The van der Waals surface area contributed by atoms with Crippen LogP contribution in [0, 0.1) is 249 Å². The SMILES string of the molecule is Cc1cccnc1C.Cc1cccnc1C.Cc1ccncc1C.Cc1ccncc1C.Cc1ccsc1C.Cc1ccsc1C.Cc1cn[nH]c1C.Cc1cn[nH]c1C.Cc1cn[nH]c1C.Cc1cn[nH]c1C.Cc1cncnc1C.Cc1cncnc1C.Cc1cscc1C.Cc1nc[nH]c1C.Cc1nc[nH]c1C.Cc1nccnc1C.Cc1ncsc1C.Cc1ncsc1C. The highest BCUT2D eigenvalue weighted by atomic mass is 32.1. The molecule has 0 aromatic carbocycles. The molecule has 29 heteroatoms. The van der Waals surface area contributed by atoms with E-state index < -0.39 is 0 Å². The zero-order valence-corrected chi connectivity index (χ0v) is 89.6. The predicted molar refractivity (Wildman–Crippen MR) is 562 cm³/mol. The standard InChI is InChI=1S/4C7H9N.3C6H8N2.3C6H8S.6C5H8N2.2C5H7NS/c2*1-6-3-4-8-5-7(6)2;2*1-6-4-3-5-8-7(6)2;2*1-5-3-7-4-8-6(5)2;1-5-6(2)8-4-3-7-5;1-5-3-7-4-6(5)2;2*1-5-3-4-7-6(5)2;2*1-4-5(2)7-3-6-4;4*1-4-3-6-7-5(4)2;2*1-4-5(2)7-3-6-4/h4*3-5H,1-2H3;3*3-4H,1-2H3;3*3-4H,1-2H3;6*3H,1-2H3,(H,6,7);2*3H,1-2H3. The van der Waals surface area contributed by atoms with Gasteiger partial charge in [-0.05, 0) is 396 Å². The first-order chi connectivity index (χ1) is 63.0. The monoisotopic (exact) mass is 1890 g/mol. The maximum absolute atomic E-state index is 4.08. The molecule has 0 aliphatic heterocycles. The van der Waals surface area contributed by atoms with Crippen LogP contribution < -0.4 is 0 Å². The molecule has 0 aliphatic carbocycles. The number of H-pyrrole nitrogens is 6. The van der Waals surface area contributed by atoms with E-state index in [1.54, 1.807) is 94.4 Å². The number of nitrogens with one attached hydrogen (secondary N) is 6.